The van der Waals surface area contributed by atoms with Crippen LogP contribution in [0, 0.1) is 17.5 Å². The lowest BCUT2D eigenvalue weighted by molar-refractivity contribution is -0.126. The summed E-state index contributed by atoms with van der Waals surface area (Å²) < 4.78 is 41.4. The number of likely N-dealkylation sites (N-methyl/N-ethyl adjacent to an activating group) is 1. The van der Waals surface area contributed by atoms with Crippen LogP contribution in [0.2, 0.25) is 0 Å². The van der Waals surface area contributed by atoms with Crippen molar-refractivity contribution in [3.63, 3.8) is 0 Å². The molecule has 0 aliphatic carbocycles. The van der Waals surface area contributed by atoms with E-state index in [1.165, 1.54) is 11.9 Å². The van der Waals surface area contributed by atoms with E-state index in [9.17, 15) is 22.8 Å². The summed E-state index contributed by atoms with van der Waals surface area (Å²) in [6, 6.07) is -0.550. The van der Waals surface area contributed by atoms with Gasteiger partial charge in [-0.2, -0.15) is 0 Å². The van der Waals surface area contributed by atoms with Gasteiger partial charge in [0, 0.05) is 31.8 Å². The highest BCUT2D eigenvalue weighted by molar-refractivity contribution is 6.01. The van der Waals surface area contributed by atoms with Crippen molar-refractivity contribution in [3.8, 4) is 0 Å². The lowest BCUT2D eigenvalue weighted by Crippen LogP contribution is -2.45. The third kappa shape index (κ3) is 3.13. The number of carbonyl (C=O) groups excluding carboxylic acids is 2. The summed E-state index contributed by atoms with van der Waals surface area (Å²) in [5, 5.41) is 2.53. The Kier molecular flexibility index (Phi) is 4.78. The van der Waals surface area contributed by atoms with E-state index in [1.54, 1.807) is 4.90 Å². The zero-order valence-electron chi connectivity index (χ0n) is 15.5. The molecule has 3 aliphatic rings. The van der Waals surface area contributed by atoms with Crippen LogP contribution >= 0.6 is 0 Å². The summed E-state index contributed by atoms with van der Waals surface area (Å²) in [6.07, 6.45) is 2.28. The van der Waals surface area contributed by atoms with Crippen molar-refractivity contribution in [3.05, 3.63) is 46.4 Å². The largest absolute Gasteiger partial charge is 0.332 e. The van der Waals surface area contributed by atoms with Gasteiger partial charge in [0.25, 0.3) is 5.91 Å². The first-order valence-electron chi connectivity index (χ1n) is 9.30. The molecule has 1 atom stereocenters. The van der Waals surface area contributed by atoms with Crippen LogP contribution in [-0.4, -0.2) is 66.4 Å². The number of halogens is 3. The van der Waals surface area contributed by atoms with Crippen LogP contribution in [0.15, 0.2) is 23.4 Å². The van der Waals surface area contributed by atoms with E-state index in [0.29, 0.717) is 24.4 Å². The molecular weight excluding hydrogens is 373 g/mol. The quantitative estimate of drug-likeness (QED) is 0.795. The molecule has 0 bridgehead atoms. The molecule has 9 heteroatoms. The first kappa shape index (κ1) is 18.8. The number of hydrogen-bond acceptors (Lipinski definition) is 3. The topological polar surface area (TPSA) is 55.9 Å². The van der Waals surface area contributed by atoms with Gasteiger partial charge < -0.3 is 15.1 Å². The Labute approximate surface area is 160 Å². The Hall–Kier alpha value is -2.55. The molecule has 1 saturated heterocycles. The molecule has 150 valence electrons. The Bertz CT molecular complexity index is 867. The fourth-order valence-corrected chi connectivity index (χ4v) is 4.06. The first-order chi connectivity index (χ1) is 13.4. The smallest absolute Gasteiger partial charge is 0.322 e. The molecule has 0 saturated carbocycles. The number of nitrogens with zero attached hydrogens (tertiary/aromatic N) is 3. The Morgan fingerprint density at radius 2 is 1.71 bits per heavy atom. The third-order valence-corrected chi connectivity index (χ3v) is 5.67. The molecule has 0 unspecified atom stereocenters. The Morgan fingerprint density at radius 1 is 1.04 bits per heavy atom. The second-order valence-electron chi connectivity index (χ2n) is 7.37. The number of amides is 3. The van der Waals surface area contributed by atoms with Gasteiger partial charge in [0.05, 0.1) is 23.9 Å². The van der Waals surface area contributed by atoms with Gasteiger partial charge in [-0.05, 0) is 32.0 Å². The highest BCUT2D eigenvalue weighted by Crippen LogP contribution is 2.37. The molecule has 6 nitrogen and oxygen atoms in total. The molecule has 1 fully saturated rings. The Morgan fingerprint density at radius 3 is 2.43 bits per heavy atom. The lowest BCUT2D eigenvalue weighted by atomic mass is 9.95. The minimum Gasteiger partial charge on any atom is -0.332 e. The zero-order valence-corrected chi connectivity index (χ0v) is 15.5. The number of nitrogens with one attached hydrogen (secondary N) is 1. The number of urea groups is 1. The molecule has 3 aliphatic heterocycles. The molecule has 0 spiro atoms. The monoisotopic (exact) mass is 394 g/mol. The average Bonchev–Trinajstić information content (AvgIpc) is 3.28. The molecule has 3 amide bonds. The summed E-state index contributed by atoms with van der Waals surface area (Å²) in [4.78, 5) is 30.5. The second kappa shape index (κ2) is 7.12. The highest BCUT2D eigenvalue weighted by atomic mass is 19.2. The van der Waals surface area contributed by atoms with Crippen molar-refractivity contribution in [1.82, 2.24) is 20.0 Å². The van der Waals surface area contributed by atoms with E-state index < -0.39 is 29.5 Å². The van der Waals surface area contributed by atoms with E-state index in [1.807, 2.05) is 0 Å². The molecule has 4 rings (SSSR count). The van der Waals surface area contributed by atoms with Crippen LogP contribution in [0.4, 0.5) is 18.0 Å². The molecule has 1 aromatic carbocycles. The summed E-state index contributed by atoms with van der Waals surface area (Å²) in [6.45, 7) is 3.44. The van der Waals surface area contributed by atoms with Gasteiger partial charge in [0.2, 0.25) is 0 Å². The molecule has 1 N–H and O–H groups in total. The molecule has 28 heavy (non-hydrogen) atoms. The van der Waals surface area contributed by atoms with Gasteiger partial charge >= 0.3 is 6.03 Å². The number of carbonyl (C=O) groups is 2. The summed E-state index contributed by atoms with van der Waals surface area (Å²) in [7, 11) is 1.53. The molecule has 1 aromatic rings. The van der Waals surface area contributed by atoms with Gasteiger partial charge in [-0.3, -0.25) is 9.69 Å². The number of benzene rings is 1. The minimum atomic E-state index is -1.32. The van der Waals surface area contributed by atoms with Crippen molar-refractivity contribution >= 4 is 11.9 Å². The highest BCUT2D eigenvalue weighted by Gasteiger charge is 2.43. The van der Waals surface area contributed by atoms with Crippen LogP contribution in [0.5, 0.6) is 0 Å². The van der Waals surface area contributed by atoms with Crippen LogP contribution < -0.4 is 5.32 Å². The van der Waals surface area contributed by atoms with Crippen LogP contribution in [0.3, 0.4) is 0 Å². The number of hydrogen-bond donors (Lipinski definition) is 1. The number of rotatable bonds is 4. The SMILES string of the molecule is CN1C(=O)N[C@@H](c2cc(F)c(F)cc2F)C2=C1CN(CCN1CCCC1)C2=O. The fourth-order valence-electron chi connectivity index (χ4n) is 4.06. The van der Waals surface area contributed by atoms with Gasteiger partial charge in [-0.25, -0.2) is 18.0 Å². The predicted molar refractivity (Wildman–Crippen MR) is 94.6 cm³/mol. The van der Waals surface area contributed by atoms with Crippen LogP contribution in [0.25, 0.3) is 0 Å². The maximum absolute atomic E-state index is 14.3. The molecular formula is C19H21F3N4O2. The van der Waals surface area contributed by atoms with E-state index in [0.717, 1.165) is 32.5 Å². The van der Waals surface area contributed by atoms with Crippen molar-refractivity contribution < 1.29 is 22.8 Å². The summed E-state index contributed by atoms with van der Waals surface area (Å²) in [5.41, 5.74) is 0.403. The fraction of sp³-hybridized carbons (Fsp3) is 0.474. The Balaban J connectivity index is 1.63. The predicted octanol–water partition coefficient (Wildman–Crippen LogP) is 1.99. The van der Waals surface area contributed by atoms with Crippen molar-refractivity contribution in [2.45, 2.75) is 18.9 Å². The molecule has 0 radical (unpaired) electrons. The van der Waals surface area contributed by atoms with E-state index in [2.05, 4.69) is 10.2 Å². The third-order valence-electron chi connectivity index (χ3n) is 5.67. The van der Waals surface area contributed by atoms with Crippen molar-refractivity contribution in [2.24, 2.45) is 0 Å². The second-order valence-corrected chi connectivity index (χ2v) is 7.37. The maximum Gasteiger partial charge on any atom is 0.322 e. The summed E-state index contributed by atoms with van der Waals surface area (Å²) in [5.74, 6) is -3.89. The van der Waals surface area contributed by atoms with Gasteiger partial charge in [0.1, 0.15) is 5.82 Å². The van der Waals surface area contributed by atoms with Crippen LogP contribution in [0.1, 0.15) is 24.4 Å². The minimum absolute atomic E-state index is 0.202. The van der Waals surface area contributed by atoms with E-state index >= 15 is 0 Å². The van der Waals surface area contributed by atoms with Crippen molar-refractivity contribution in [2.75, 3.05) is 39.8 Å². The van der Waals surface area contributed by atoms with Crippen molar-refractivity contribution in [1.29, 1.82) is 0 Å². The summed E-state index contributed by atoms with van der Waals surface area (Å²) >= 11 is 0. The first-order valence-corrected chi connectivity index (χ1v) is 9.30. The average molecular weight is 394 g/mol. The van der Waals surface area contributed by atoms with Gasteiger partial charge in [0.15, 0.2) is 11.6 Å². The van der Waals surface area contributed by atoms with Crippen LogP contribution in [-0.2, 0) is 4.79 Å². The lowest BCUT2D eigenvalue weighted by Gasteiger charge is -2.31. The van der Waals surface area contributed by atoms with E-state index in [-0.39, 0.29) is 23.6 Å². The van der Waals surface area contributed by atoms with E-state index in [4.69, 9.17) is 0 Å². The molecule has 3 heterocycles. The number of likely N-dealkylation sites (tertiary alicyclic amines) is 1. The van der Waals surface area contributed by atoms with Gasteiger partial charge in [-0.15, -0.1) is 0 Å². The molecule has 0 aromatic heterocycles. The standard InChI is InChI=1S/C19H21F3N4O2/c1-24-15-10-26(7-6-25-4-2-3-5-25)18(27)16(15)17(23-19(24)28)11-8-13(21)14(22)9-12(11)20/h8-9,17H,2-7,10H2,1H3,(H,23,28)/t17-/m0/s1. The normalized spacial score (nSPS) is 22.9. The zero-order chi connectivity index (χ0) is 20.0. The maximum atomic E-state index is 14.3. The van der Waals surface area contributed by atoms with Gasteiger partial charge in [-0.1, -0.05) is 0 Å².